The van der Waals surface area contributed by atoms with Gasteiger partial charge in [-0.25, -0.2) is 8.42 Å². The van der Waals surface area contributed by atoms with Crippen molar-refractivity contribution < 1.29 is 13.2 Å². The first-order valence-corrected chi connectivity index (χ1v) is 7.23. The van der Waals surface area contributed by atoms with Gasteiger partial charge in [0.05, 0.1) is 12.4 Å². The molecule has 0 heterocycles. The summed E-state index contributed by atoms with van der Waals surface area (Å²) >= 11 is 0. The van der Waals surface area contributed by atoms with Crippen LogP contribution in [0.25, 0.3) is 0 Å². The Balaban J connectivity index is 2.38. The Morgan fingerprint density at radius 2 is 2.00 bits per heavy atom. The number of hydrogen-bond donors (Lipinski definition) is 1. The van der Waals surface area contributed by atoms with Crippen LogP contribution in [0.4, 0.5) is 0 Å². The fourth-order valence-corrected chi connectivity index (χ4v) is 4.29. The maximum atomic E-state index is 12.4. The van der Waals surface area contributed by atoms with Gasteiger partial charge in [-0.3, -0.25) is 0 Å². The average Bonchev–Trinajstić information content (AvgIpc) is 2.76. The lowest BCUT2D eigenvalue weighted by atomic mass is 10.3. The summed E-state index contributed by atoms with van der Waals surface area (Å²) in [4.78, 5) is 0.279. The number of hydrogen-bond acceptors (Lipinski definition) is 4. The second kappa shape index (κ2) is 4.66. The number of methoxy groups -OCH3 is 1. The van der Waals surface area contributed by atoms with Crippen molar-refractivity contribution in [2.24, 2.45) is 5.73 Å². The molecular weight excluding hydrogens is 238 g/mol. The molecule has 1 aliphatic carbocycles. The minimum absolute atomic E-state index is 0.00415. The smallest absolute Gasteiger partial charge is 0.184 e. The summed E-state index contributed by atoms with van der Waals surface area (Å²) < 4.78 is 30.0. The fourth-order valence-electron chi connectivity index (χ4n) is 2.29. The maximum absolute atomic E-state index is 12.4. The van der Waals surface area contributed by atoms with Gasteiger partial charge in [0.25, 0.3) is 0 Å². The lowest BCUT2D eigenvalue weighted by molar-refractivity contribution is 0.402. The molecule has 2 atom stereocenters. The van der Waals surface area contributed by atoms with Crippen molar-refractivity contribution in [3.8, 4) is 5.75 Å². The number of nitrogens with two attached hydrogens (primary N) is 1. The molecule has 0 aromatic heterocycles. The molecule has 0 bridgehead atoms. The van der Waals surface area contributed by atoms with E-state index in [1.54, 1.807) is 24.3 Å². The van der Waals surface area contributed by atoms with Crippen LogP contribution in [0.2, 0.25) is 0 Å². The highest BCUT2D eigenvalue weighted by molar-refractivity contribution is 7.92. The lowest BCUT2D eigenvalue weighted by Gasteiger charge is -2.14. The van der Waals surface area contributed by atoms with Crippen LogP contribution >= 0.6 is 0 Å². The fraction of sp³-hybridized carbons (Fsp3) is 0.500. The molecule has 2 unspecified atom stereocenters. The molecule has 0 aliphatic heterocycles. The van der Waals surface area contributed by atoms with E-state index >= 15 is 0 Å². The average molecular weight is 255 g/mol. The number of sulfone groups is 1. The quantitative estimate of drug-likeness (QED) is 0.885. The number of rotatable bonds is 3. The van der Waals surface area contributed by atoms with Gasteiger partial charge in [0.2, 0.25) is 0 Å². The number of benzene rings is 1. The van der Waals surface area contributed by atoms with Crippen molar-refractivity contribution in [3.63, 3.8) is 0 Å². The molecule has 4 nitrogen and oxygen atoms in total. The van der Waals surface area contributed by atoms with Gasteiger partial charge >= 0.3 is 0 Å². The van der Waals surface area contributed by atoms with E-state index in [1.165, 1.54) is 7.11 Å². The molecular formula is C12H17NO3S. The van der Waals surface area contributed by atoms with Gasteiger partial charge in [-0.2, -0.15) is 0 Å². The zero-order chi connectivity index (χ0) is 12.5. The molecule has 1 saturated carbocycles. The first-order valence-electron chi connectivity index (χ1n) is 5.68. The van der Waals surface area contributed by atoms with Gasteiger partial charge in [-0.05, 0) is 31.4 Å². The van der Waals surface area contributed by atoms with E-state index in [4.69, 9.17) is 10.5 Å². The van der Waals surface area contributed by atoms with E-state index in [0.29, 0.717) is 18.6 Å². The Labute approximate surface area is 102 Å². The molecule has 2 rings (SSSR count). The molecule has 0 saturated heterocycles. The Hall–Kier alpha value is -1.07. The second-order valence-corrected chi connectivity index (χ2v) is 6.59. The van der Waals surface area contributed by atoms with Crippen molar-refractivity contribution in [2.45, 2.75) is 35.4 Å². The van der Waals surface area contributed by atoms with E-state index < -0.39 is 9.84 Å². The molecule has 94 valence electrons. The van der Waals surface area contributed by atoms with Crippen LogP contribution in [-0.4, -0.2) is 26.8 Å². The second-order valence-electron chi connectivity index (χ2n) is 4.39. The molecule has 1 fully saturated rings. The van der Waals surface area contributed by atoms with E-state index in [1.807, 2.05) is 0 Å². The Kier molecular flexibility index (Phi) is 3.40. The zero-order valence-electron chi connectivity index (χ0n) is 9.80. The van der Waals surface area contributed by atoms with Crippen molar-refractivity contribution in [2.75, 3.05) is 7.11 Å². The van der Waals surface area contributed by atoms with Crippen LogP contribution in [0.1, 0.15) is 19.3 Å². The predicted molar refractivity (Wildman–Crippen MR) is 65.8 cm³/mol. The van der Waals surface area contributed by atoms with E-state index in [0.717, 1.165) is 6.42 Å². The molecule has 1 aromatic carbocycles. The van der Waals surface area contributed by atoms with Gasteiger partial charge in [-0.15, -0.1) is 0 Å². The van der Waals surface area contributed by atoms with Crippen LogP contribution < -0.4 is 10.5 Å². The van der Waals surface area contributed by atoms with Gasteiger partial charge in [0.15, 0.2) is 9.84 Å². The highest BCUT2D eigenvalue weighted by atomic mass is 32.2. The number of ether oxygens (including phenoxy) is 1. The lowest BCUT2D eigenvalue weighted by Crippen LogP contribution is -2.22. The van der Waals surface area contributed by atoms with Crippen molar-refractivity contribution in [3.05, 3.63) is 24.3 Å². The minimum atomic E-state index is -3.32. The first-order chi connectivity index (χ1) is 8.05. The monoisotopic (exact) mass is 255 g/mol. The third kappa shape index (κ3) is 2.30. The Bertz CT molecular complexity index is 498. The Morgan fingerprint density at radius 3 is 2.59 bits per heavy atom. The largest absolute Gasteiger partial charge is 0.495 e. The summed E-state index contributed by atoms with van der Waals surface area (Å²) in [6.45, 7) is 0. The summed E-state index contributed by atoms with van der Waals surface area (Å²) in [6.07, 6.45) is 1.96. The maximum Gasteiger partial charge on any atom is 0.184 e. The summed E-state index contributed by atoms with van der Waals surface area (Å²) in [5.74, 6) is 0.410. The summed E-state index contributed by atoms with van der Waals surface area (Å²) in [7, 11) is -1.84. The van der Waals surface area contributed by atoms with E-state index in [9.17, 15) is 8.42 Å². The SMILES string of the molecule is COc1ccccc1S(=O)(=O)C1CCC(N)C1. The third-order valence-corrected chi connectivity index (χ3v) is 5.50. The molecule has 17 heavy (non-hydrogen) atoms. The van der Waals surface area contributed by atoms with Gasteiger partial charge < -0.3 is 10.5 Å². The standard InChI is InChI=1S/C12H17NO3S/c1-16-11-4-2-3-5-12(11)17(14,15)10-7-6-9(13)8-10/h2-5,9-10H,6-8,13H2,1H3. The van der Waals surface area contributed by atoms with E-state index in [2.05, 4.69) is 0 Å². The van der Waals surface area contributed by atoms with Crippen LogP contribution in [0.3, 0.4) is 0 Å². The van der Waals surface area contributed by atoms with Gasteiger partial charge in [0, 0.05) is 6.04 Å². The molecule has 1 aromatic rings. The molecule has 1 aliphatic rings. The molecule has 5 heteroatoms. The van der Waals surface area contributed by atoms with Gasteiger partial charge in [0.1, 0.15) is 10.6 Å². The van der Waals surface area contributed by atoms with Crippen LogP contribution in [0.5, 0.6) is 5.75 Å². The minimum Gasteiger partial charge on any atom is -0.495 e. The van der Waals surface area contributed by atoms with E-state index in [-0.39, 0.29) is 16.2 Å². The first kappa shape index (κ1) is 12.4. The normalized spacial score (nSPS) is 24.8. The number of para-hydroxylation sites is 1. The highest BCUT2D eigenvalue weighted by Crippen LogP contribution is 2.33. The molecule has 2 N–H and O–H groups in total. The third-order valence-electron chi connectivity index (χ3n) is 3.24. The molecule has 0 radical (unpaired) electrons. The summed E-state index contributed by atoms with van der Waals surface area (Å²) in [6, 6.07) is 6.74. The molecule has 0 amide bonds. The van der Waals surface area contributed by atoms with Crippen LogP contribution in [-0.2, 0) is 9.84 Å². The topological polar surface area (TPSA) is 69.4 Å². The molecule has 0 spiro atoms. The highest BCUT2D eigenvalue weighted by Gasteiger charge is 2.35. The van der Waals surface area contributed by atoms with Crippen LogP contribution in [0.15, 0.2) is 29.2 Å². The summed E-state index contributed by atoms with van der Waals surface area (Å²) in [5, 5.41) is -0.367. The zero-order valence-corrected chi connectivity index (χ0v) is 10.6. The van der Waals surface area contributed by atoms with Crippen LogP contribution in [0, 0.1) is 0 Å². The Morgan fingerprint density at radius 1 is 1.29 bits per heavy atom. The predicted octanol–water partition coefficient (Wildman–Crippen LogP) is 1.35. The summed E-state index contributed by atoms with van der Waals surface area (Å²) in [5.41, 5.74) is 5.77. The van der Waals surface area contributed by atoms with Crippen molar-refractivity contribution in [1.29, 1.82) is 0 Å². The van der Waals surface area contributed by atoms with Crippen molar-refractivity contribution in [1.82, 2.24) is 0 Å². The van der Waals surface area contributed by atoms with Crippen molar-refractivity contribution >= 4 is 9.84 Å². The van der Waals surface area contributed by atoms with Gasteiger partial charge in [-0.1, -0.05) is 12.1 Å².